The monoisotopic (exact) mass is 300 g/mol. The minimum Gasteiger partial charge on any atom is -0.353 e. The van der Waals surface area contributed by atoms with E-state index < -0.39 is 0 Å². The second-order valence-electron chi connectivity index (χ2n) is 6.03. The molecule has 2 aliphatic heterocycles. The Labute approximate surface area is 135 Å². The van der Waals surface area contributed by atoms with Crippen molar-refractivity contribution in [1.29, 1.82) is 5.26 Å². The van der Waals surface area contributed by atoms with E-state index in [4.69, 9.17) is 0 Å². The number of nitriles is 1. The molecule has 112 valence electrons. The van der Waals surface area contributed by atoms with Gasteiger partial charge in [-0.1, -0.05) is 60.7 Å². The summed E-state index contributed by atoms with van der Waals surface area (Å²) in [5.74, 6) is -0.0595. The minimum atomic E-state index is -0.279. The highest BCUT2D eigenvalue weighted by Gasteiger charge is 2.45. The molecule has 0 saturated carbocycles. The minimum absolute atomic E-state index is 0.0208. The molecule has 0 N–H and O–H groups in total. The van der Waals surface area contributed by atoms with Gasteiger partial charge in [-0.2, -0.15) is 5.26 Å². The molecule has 4 rings (SSSR count). The highest BCUT2D eigenvalue weighted by Crippen LogP contribution is 2.41. The van der Waals surface area contributed by atoms with Crippen LogP contribution in [0.15, 0.2) is 60.7 Å². The molecule has 3 atom stereocenters. The normalized spacial score (nSPS) is 24.7. The van der Waals surface area contributed by atoms with E-state index in [1.54, 1.807) is 0 Å². The van der Waals surface area contributed by atoms with Gasteiger partial charge in [0.25, 0.3) is 0 Å². The Hall–Kier alpha value is -2.86. The lowest BCUT2D eigenvalue weighted by molar-refractivity contribution is 0.0961. The number of carbonyl (C=O) groups excluding carboxylic acids is 1. The standard InChI is InChI=1S/C20H16N2O/c21-13-16-12-19(20(23)15-7-2-1-3-8-15)22-17-9-5-4-6-14(17)10-11-18(16)22/h1-11,16,18-19H,12H2/t16-,18-,19-/m1/s1. The Kier molecular flexibility index (Phi) is 3.24. The number of hydrogen-bond donors (Lipinski definition) is 0. The average Bonchev–Trinajstić information content (AvgIpc) is 3.01. The van der Waals surface area contributed by atoms with Crippen LogP contribution in [-0.2, 0) is 0 Å². The fourth-order valence-electron chi connectivity index (χ4n) is 3.67. The van der Waals surface area contributed by atoms with Gasteiger partial charge in [0.1, 0.15) is 0 Å². The summed E-state index contributed by atoms with van der Waals surface area (Å²) in [6, 6.07) is 19.5. The van der Waals surface area contributed by atoms with E-state index in [0.29, 0.717) is 12.0 Å². The summed E-state index contributed by atoms with van der Waals surface area (Å²) in [5, 5.41) is 9.50. The van der Waals surface area contributed by atoms with Crippen LogP contribution in [0.25, 0.3) is 6.08 Å². The second-order valence-corrected chi connectivity index (χ2v) is 6.03. The molecule has 0 aliphatic carbocycles. The van der Waals surface area contributed by atoms with Gasteiger partial charge in [0, 0.05) is 11.3 Å². The number of anilines is 1. The molecule has 2 aliphatic rings. The van der Waals surface area contributed by atoms with E-state index in [-0.39, 0.29) is 23.8 Å². The molecule has 0 radical (unpaired) electrons. The van der Waals surface area contributed by atoms with Gasteiger partial charge in [-0.05, 0) is 18.1 Å². The third kappa shape index (κ3) is 2.15. The molecular formula is C20H16N2O. The SMILES string of the molecule is N#C[C@H]1C[C@H](C(=O)c2ccccc2)N2c3ccccc3C=C[C@H]12. The Morgan fingerprint density at radius 3 is 2.61 bits per heavy atom. The van der Waals surface area contributed by atoms with Gasteiger partial charge in [0.2, 0.25) is 0 Å². The van der Waals surface area contributed by atoms with Crippen molar-refractivity contribution >= 4 is 17.5 Å². The van der Waals surface area contributed by atoms with Crippen LogP contribution in [0.4, 0.5) is 5.69 Å². The predicted octanol–water partition coefficient (Wildman–Crippen LogP) is 3.68. The second kappa shape index (κ2) is 5.40. The first kappa shape index (κ1) is 13.8. The summed E-state index contributed by atoms with van der Waals surface area (Å²) >= 11 is 0. The van der Waals surface area contributed by atoms with Crippen LogP contribution in [0.2, 0.25) is 0 Å². The van der Waals surface area contributed by atoms with Gasteiger partial charge in [-0.15, -0.1) is 0 Å². The number of benzene rings is 2. The first-order chi connectivity index (χ1) is 11.3. The number of fused-ring (bicyclic) bond motifs is 3. The van der Waals surface area contributed by atoms with Gasteiger partial charge in [0.05, 0.1) is 24.1 Å². The number of ketones is 1. The smallest absolute Gasteiger partial charge is 0.185 e. The Morgan fingerprint density at radius 2 is 1.83 bits per heavy atom. The van der Waals surface area contributed by atoms with Gasteiger partial charge < -0.3 is 4.90 Å². The molecule has 0 unspecified atom stereocenters. The molecule has 2 aromatic carbocycles. The fraction of sp³-hybridized carbons (Fsp3) is 0.200. The van der Waals surface area contributed by atoms with Crippen molar-refractivity contribution in [1.82, 2.24) is 0 Å². The number of carbonyl (C=O) groups is 1. The van der Waals surface area contributed by atoms with Crippen LogP contribution >= 0.6 is 0 Å². The zero-order chi connectivity index (χ0) is 15.8. The Morgan fingerprint density at radius 1 is 1.09 bits per heavy atom. The first-order valence-corrected chi connectivity index (χ1v) is 7.84. The maximum absolute atomic E-state index is 13.0. The van der Waals surface area contributed by atoms with Crippen LogP contribution in [0.5, 0.6) is 0 Å². The molecule has 23 heavy (non-hydrogen) atoms. The lowest BCUT2D eigenvalue weighted by Gasteiger charge is -2.34. The van der Waals surface area contributed by atoms with Crippen LogP contribution in [0.1, 0.15) is 22.3 Å². The lowest BCUT2D eigenvalue weighted by atomic mass is 9.96. The third-order valence-electron chi connectivity index (χ3n) is 4.76. The highest BCUT2D eigenvalue weighted by atomic mass is 16.1. The van der Waals surface area contributed by atoms with Crippen LogP contribution in [0.3, 0.4) is 0 Å². The summed E-state index contributed by atoms with van der Waals surface area (Å²) < 4.78 is 0. The number of nitrogens with zero attached hydrogens (tertiary/aromatic N) is 2. The van der Waals surface area contributed by atoms with E-state index in [1.165, 1.54) is 0 Å². The Balaban J connectivity index is 1.78. The van der Waals surface area contributed by atoms with Gasteiger partial charge in [0.15, 0.2) is 5.78 Å². The fourth-order valence-corrected chi connectivity index (χ4v) is 3.67. The highest BCUT2D eigenvalue weighted by molar-refractivity contribution is 6.03. The van der Waals surface area contributed by atoms with Crippen molar-refractivity contribution < 1.29 is 4.79 Å². The molecule has 0 bridgehead atoms. The summed E-state index contributed by atoms with van der Waals surface area (Å²) in [5.41, 5.74) is 2.86. The number of hydrogen-bond acceptors (Lipinski definition) is 3. The van der Waals surface area contributed by atoms with E-state index >= 15 is 0 Å². The molecule has 0 spiro atoms. The van der Waals surface area contributed by atoms with Gasteiger partial charge in [-0.3, -0.25) is 4.79 Å². The maximum Gasteiger partial charge on any atom is 0.185 e. The van der Waals surface area contributed by atoms with Crippen molar-refractivity contribution in [3.8, 4) is 6.07 Å². The number of Topliss-reactive ketones (excluding diaryl/α,β-unsaturated/α-hetero) is 1. The molecule has 0 amide bonds. The summed E-state index contributed by atoms with van der Waals surface area (Å²) in [7, 11) is 0. The van der Waals surface area contributed by atoms with Crippen molar-refractivity contribution in [2.45, 2.75) is 18.5 Å². The van der Waals surface area contributed by atoms with Crippen molar-refractivity contribution in [3.05, 3.63) is 71.8 Å². The van der Waals surface area contributed by atoms with E-state index in [1.807, 2.05) is 54.6 Å². The summed E-state index contributed by atoms with van der Waals surface area (Å²) in [4.78, 5) is 15.1. The molecule has 1 fully saturated rings. The largest absolute Gasteiger partial charge is 0.353 e. The molecule has 2 aromatic rings. The third-order valence-corrected chi connectivity index (χ3v) is 4.76. The maximum atomic E-state index is 13.0. The summed E-state index contributed by atoms with van der Waals surface area (Å²) in [6.45, 7) is 0. The quantitative estimate of drug-likeness (QED) is 0.795. The van der Waals surface area contributed by atoms with Gasteiger partial charge >= 0.3 is 0 Å². The average molecular weight is 300 g/mol. The lowest BCUT2D eigenvalue weighted by Crippen LogP contribution is -2.42. The molecule has 1 saturated heterocycles. The van der Waals surface area contributed by atoms with Crippen molar-refractivity contribution in [3.63, 3.8) is 0 Å². The summed E-state index contributed by atoms with van der Waals surface area (Å²) in [6.07, 6.45) is 4.71. The zero-order valence-corrected chi connectivity index (χ0v) is 12.6. The van der Waals surface area contributed by atoms with Crippen LogP contribution in [0, 0.1) is 17.2 Å². The molecule has 3 heteroatoms. The number of para-hydroxylation sites is 1. The molecule has 2 heterocycles. The van der Waals surface area contributed by atoms with E-state index in [2.05, 4.69) is 23.1 Å². The van der Waals surface area contributed by atoms with E-state index in [9.17, 15) is 10.1 Å². The van der Waals surface area contributed by atoms with Crippen LogP contribution < -0.4 is 4.90 Å². The Bertz CT molecular complexity index is 819. The van der Waals surface area contributed by atoms with Crippen LogP contribution in [-0.4, -0.2) is 17.9 Å². The molecular weight excluding hydrogens is 284 g/mol. The molecule has 3 nitrogen and oxygen atoms in total. The molecule has 0 aromatic heterocycles. The number of rotatable bonds is 2. The zero-order valence-electron chi connectivity index (χ0n) is 12.6. The first-order valence-electron chi connectivity index (χ1n) is 7.84. The van der Waals surface area contributed by atoms with E-state index in [0.717, 1.165) is 11.3 Å². The van der Waals surface area contributed by atoms with Gasteiger partial charge in [-0.25, -0.2) is 0 Å². The van der Waals surface area contributed by atoms with Crippen molar-refractivity contribution in [2.75, 3.05) is 4.90 Å². The van der Waals surface area contributed by atoms with Crippen molar-refractivity contribution in [2.24, 2.45) is 5.92 Å². The predicted molar refractivity (Wildman–Crippen MR) is 90.0 cm³/mol. The topological polar surface area (TPSA) is 44.1 Å².